The Labute approximate surface area is 103 Å². The number of nitrogens with two attached hydrogens (primary N) is 1. The Hall–Kier alpha value is -1.42. The predicted octanol–water partition coefficient (Wildman–Crippen LogP) is 1.49. The molecule has 17 heavy (non-hydrogen) atoms. The average molecular weight is 235 g/mol. The van der Waals surface area contributed by atoms with Gasteiger partial charge in [-0.3, -0.25) is 9.78 Å². The summed E-state index contributed by atoms with van der Waals surface area (Å²) in [5, 5.41) is 2.95. The van der Waals surface area contributed by atoms with Gasteiger partial charge in [-0.1, -0.05) is 13.8 Å². The third-order valence-electron chi connectivity index (χ3n) is 2.63. The van der Waals surface area contributed by atoms with Gasteiger partial charge in [0.05, 0.1) is 5.56 Å². The van der Waals surface area contributed by atoms with Crippen molar-refractivity contribution in [2.75, 3.05) is 6.54 Å². The molecule has 0 aliphatic rings. The maximum absolute atomic E-state index is 12.0. The molecule has 1 amide bonds. The van der Waals surface area contributed by atoms with Crippen molar-refractivity contribution < 1.29 is 4.79 Å². The van der Waals surface area contributed by atoms with E-state index in [1.165, 1.54) is 0 Å². The highest BCUT2D eigenvalue weighted by Crippen LogP contribution is 2.07. The molecule has 4 nitrogen and oxygen atoms in total. The number of carbonyl (C=O) groups excluding carboxylic acids is 1. The standard InChI is InChI=1S/C13H21N3O/c1-9(2)7-11(8-14)16-13(17)12-5-4-6-15-10(12)3/h4-6,9,11H,7-8,14H2,1-3H3,(H,16,17). The number of carbonyl (C=O) groups is 1. The lowest BCUT2D eigenvalue weighted by Gasteiger charge is -2.19. The van der Waals surface area contributed by atoms with Crippen LogP contribution in [0, 0.1) is 12.8 Å². The second-order valence-corrected chi connectivity index (χ2v) is 4.67. The van der Waals surface area contributed by atoms with Gasteiger partial charge in [-0.25, -0.2) is 0 Å². The molecule has 0 saturated carbocycles. The number of hydrogen-bond donors (Lipinski definition) is 2. The van der Waals surface area contributed by atoms with Crippen LogP contribution in [0.2, 0.25) is 0 Å². The molecule has 1 aromatic heterocycles. The van der Waals surface area contributed by atoms with Gasteiger partial charge in [0.2, 0.25) is 0 Å². The summed E-state index contributed by atoms with van der Waals surface area (Å²) in [4.78, 5) is 16.1. The molecule has 0 bridgehead atoms. The van der Waals surface area contributed by atoms with E-state index in [-0.39, 0.29) is 11.9 Å². The first kappa shape index (κ1) is 13.6. The van der Waals surface area contributed by atoms with Gasteiger partial charge in [-0.15, -0.1) is 0 Å². The lowest BCUT2D eigenvalue weighted by Crippen LogP contribution is -2.41. The van der Waals surface area contributed by atoms with Crippen molar-refractivity contribution in [3.8, 4) is 0 Å². The summed E-state index contributed by atoms with van der Waals surface area (Å²) in [6, 6.07) is 3.57. The normalized spacial score (nSPS) is 12.5. The van der Waals surface area contributed by atoms with Crippen molar-refractivity contribution in [3.05, 3.63) is 29.6 Å². The van der Waals surface area contributed by atoms with Crippen LogP contribution in [-0.4, -0.2) is 23.5 Å². The zero-order valence-corrected chi connectivity index (χ0v) is 10.7. The molecule has 1 atom stereocenters. The Morgan fingerprint density at radius 3 is 2.76 bits per heavy atom. The van der Waals surface area contributed by atoms with Crippen LogP contribution < -0.4 is 11.1 Å². The second kappa shape index (κ2) is 6.35. The van der Waals surface area contributed by atoms with E-state index in [0.717, 1.165) is 12.1 Å². The molecule has 0 aromatic carbocycles. The molecule has 0 spiro atoms. The molecule has 3 N–H and O–H groups in total. The minimum atomic E-state index is -0.0910. The molecule has 1 rings (SSSR count). The highest BCUT2D eigenvalue weighted by atomic mass is 16.1. The van der Waals surface area contributed by atoms with E-state index in [1.807, 2.05) is 6.92 Å². The first-order chi connectivity index (χ1) is 8.04. The first-order valence-electron chi connectivity index (χ1n) is 5.97. The van der Waals surface area contributed by atoms with Gasteiger partial charge < -0.3 is 11.1 Å². The van der Waals surface area contributed by atoms with Gasteiger partial charge in [0.15, 0.2) is 0 Å². The van der Waals surface area contributed by atoms with Crippen LogP contribution >= 0.6 is 0 Å². The largest absolute Gasteiger partial charge is 0.348 e. The summed E-state index contributed by atoms with van der Waals surface area (Å²) in [5.41, 5.74) is 7.02. The van der Waals surface area contributed by atoms with Crippen molar-refractivity contribution in [2.24, 2.45) is 11.7 Å². The summed E-state index contributed by atoms with van der Waals surface area (Å²) in [6.07, 6.45) is 2.57. The summed E-state index contributed by atoms with van der Waals surface area (Å²) >= 11 is 0. The minimum Gasteiger partial charge on any atom is -0.348 e. The lowest BCUT2D eigenvalue weighted by atomic mass is 10.0. The maximum Gasteiger partial charge on any atom is 0.253 e. The third-order valence-corrected chi connectivity index (χ3v) is 2.63. The Kier molecular flexibility index (Phi) is 5.10. The average Bonchev–Trinajstić information content (AvgIpc) is 2.27. The maximum atomic E-state index is 12.0. The fourth-order valence-corrected chi connectivity index (χ4v) is 1.77. The van der Waals surface area contributed by atoms with Crippen molar-refractivity contribution >= 4 is 5.91 Å². The molecule has 0 aliphatic heterocycles. The molecule has 1 heterocycles. The van der Waals surface area contributed by atoms with Crippen molar-refractivity contribution in [3.63, 3.8) is 0 Å². The smallest absolute Gasteiger partial charge is 0.253 e. The number of hydrogen-bond acceptors (Lipinski definition) is 3. The summed E-state index contributed by atoms with van der Waals surface area (Å²) in [7, 11) is 0. The molecule has 94 valence electrons. The van der Waals surface area contributed by atoms with Crippen molar-refractivity contribution in [2.45, 2.75) is 33.2 Å². The topological polar surface area (TPSA) is 68.0 Å². The third kappa shape index (κ3) is 4.15. The van der Waals surface area contributed by atoms with Gasteiger partial charge in [0.1, 0.15) is 0 Å². The molecule has 0 radical (unpaired) electrons. The molecule has 1 aromatic rings. The molecular weight excluding hydrogens is 214 g/mol. The van der Waals surface area contributed by atoms with Gasteiger partial charge in [-0.05, 0) is 31.4 Å². The fraction of sp³-hybridized carbons (Fsp3) is 0.538. The van der Waals surface area contributed by atoms with E-state index in [9.17, 15) is 4.79 Å². The van der Waals surface area contributed by atoms with E-state index in [4.69, 9.17) is 5.73 Å². The highest BCUT2D eigenvalue weighted by Gasteiger charge is 2.15. The zero-order valence-electron chi connectivity index (χ0n) is 10.7. The number of aryl methyl sites for hydroxylation is 1. The van der Waals surface area contributed by atoms with Crippen LogP contribution in [0.3, 0.4) is 0 Å². The summed E-state index contributed by atoms with van der Waals surface area (Å²) in [5.74, 6) is 0.422. The number of pyridine rings is 1. The Balaban J connectivity index is 2.68. The number of nitrogens with one attached hydrogen (secondary N) is 1. The van der Waals surface area contributed by atoms with E-state index >= 15 is 0 Å². The molecular formula is C13H21N3O. The van der Waals surface area contributed by atoms with Crippen LogP contribution in [0.5, 0.6) is 0 Å². The van der Waals surface area contributed by atoms with Crippen molar-refractivity contribution in [1.82, 2.24) is 10.3 Å². The Morgan fingerprint density at radius 1 is 1.53 bits per heavy atom. The Bertz CT molecular complexity index is 377. The molecule has 1 unspecified atom stereocenters. The molecule has 4 heteroatoms. The van der Waals surface area contributed by atoms with E-state index < -0.39 is 0 Å². The van der Waals surface area contributed by atoms with Gasteiger partial charge in [0.25, 0.3) is 5.91 Å². The van der Waals surface area contributed by atoms with E-state index in [1.54, 1.807) is 18.3 Å². The summed E-state index contributed by atoms with van der Waals surface area (Å²) < 4.78 is 0. The van der Waals surface area contributed by atoms with Crippen LogP contribution in [0.1, 0.15) is 36.3 Å². The Morgan fingerprint density at radius 2 is 2.24 bits per heavy atom. The van der Waals surface area contributed by atoms with E-state index in [0.29, 0.717) is 18.0 Å². The van der Waals surface area contributed by atoms with Gasteiger partial charge >= 0.3 is 0 Å². The minimum absolute atomic E-state index is 0.0297. The molecule has 0 saturated heterocycles. The number of nitrogens with zero attached hydrogens (tertiary/aromatic N) is 1. The predicted molar refractivity (Wildman–Crippen MR) is 68.7 cm³/mol. The lowest BCUT2D eigenvalue weighted by molar-refractivity contribution is 0.0932. The SMILES string of the molecule is Cc1ncccc1C(=O)NC(CN)CC(C)C. The number of rotatable bonds is 5. The van der Waals surface area contributed by atoms with Gasteiger partial charge in [-0.2, -0.15) is 0 Å². The quantitative estimate of drug-likeness (QED) is 0.812. The zero-order chi connectivity index (χ0) is 12.8. The van der Waals surface area contributed by atoms with Crippen LogP contribution in [0.15, 0.2) is 18.3 Å². The monoisotopic (exact) mass is 235 g/mol. The highest BCUT2D eigenvalue weighted by molar-refractivity contribution is 5.95. The van der Waals surface area contributed by atoms with Gasteiger partial charge in [0, 0.05) is 24.5 Å². The van der Waals surface area contributed by atoms with Crippen LogP contribution in [0.25, 0.3) is 0 Å². The molecule has 0 aliphatic carbocycles. The molecule has 0 fully saturated rings. The number of amides is 1. The number of aromatic nitrogens is 1. The second-order valence-electron chi connectivity index (χ2n) is 4.67. The summed E-state index contributed by atoms with van der Waals surface area (Å²) in [6.45, 7) is 6.52. The van der Waals surface area contributed by atoms with Crippen molar-refractivity contribution in [1.29, 1.82) is 0 Å². The van der Waals surface area contributed by atoms with Crippen LogP contribution in [-0.2, 0) is 0 Å². The first-order valence-corrected chi connectivity index (χ1v) is 5.97. The van der Waals surface area contributed by atoms with Crippen LogP contribution in [0.4, 0.5) is 0 Å². The van der Waals surface area contributed by atoms with E-state index in [2.05, 4.69) is 24.1 Å². The fourth-order valence-electron chi connectivity index (χ4n) is 1.77.